The van der Waals surface area contributed by atoms with Gasteiger partial charge in [-0.25, -0.2) is 0 Å². The van der Waals surface area contributed by atoms with Crippen molar-refractivity contribution in [2.75, 3.05) is 6.54 Å². The number of rotatable bonds is 9. The van der Waals surface area contributed by atoms with E-state index in [1.165, 1.54) is 44.1 Å². The summed E-state index contributed by atoms with van der Waals surface area (Å²) in [6.07, 6.45) is 7.69. The summed E-state index contributed by atoms with van der Waals surface area (Å²) in [5.74, 6) is 0. The predicted molar refractivity (Wildman–Crippen MR) is 76.4 cm³/mol. The van der Waals surface area contributed by atoms with Crippen LogP contribution in [0.2, 0.25) is 0 Å². The second-order valence-electron chi connectivity index (χ2n) is 4.79. The van der Waals surface area contributed by atoms with E-state index in [-0.39, 0.29) is 0 Å². The maximum atomic E-state index is 3.62. The predicted octanol–water partition coefficient (Wildman–Crippen LogP) is 4.18. The standard InChI is InChI=1S/C16H27N/c1-3-14-17-16(4-2)13-9-8-12-15-10-6-5-7-11-15/h5-7,10-11,16-17H,3-4,8-9,12-14H2,1-2H3. The largest absolute Gasteiger partial charge is 0.314 e. The number of unbranched alkanes of at least 4 members (excludes halogenated alkanes) is 1. The van der Waals surface area contributed by atoms with Crippen molar-refractivity contribution in [2.24, 2.45) is 0 Å². The van der Waals surface area contributed by atoms with Gasteiger partial charge in [-0.05, 0) is 44.2 Å². The second-order valence-corrected chi connectivity index (χ2v) is 4.79. The van der Waals surface area contributed by atoms with E-state index in [1.807, 2.05) is 0 Å². The highest BCUT2D eigenvalue weighted by atomic mass is 14.9. The van der Waals surface area contributed by atoms with Crippen molar-refractivity contribution in [1.29, 1.82) is 0 Å². The lowest BCUT2D eigenvalue weighted by molar-refractivity contribution is 0.449. The third kappa shape index (κ3) is 6.48. The van der Waals surface area contributed by atoms with Crippen molar-refractivity contribution in [1.82, 2.24) is 5.32 Å². The highest BCUT2D eigenvalue weighted by molar-refractivity contribution is 5.14. The summed E-state index contributed by atoms with van der Waals surface area (Å²) in [7, 11) is 0. The van der Waals surface area contributed by atoms with Gasteiger partial charge in [-0.15, -0.1) is 0 Å². The molecule has 0 radical (unpaired) electrons. The Morgan fingerprint density at radius 1 is 1.06 bits per heavy atom. The lowest BCUT2D eigenvalue weighted by atomic mass is 10.0. The van der Waals surface area contributed by atoms with E-state index in [1.54, 1.807) is 0 Å². The summed E-state index contributed by atoms with van der Waals surface area (Å²) in [6, 6.07) is 11.5. The highest BCUT2D eigenvalue weighted by Gasteiger charge is 2.03. The summed E-state index contributed by atoms with van der Waals surface area (Å²) in [4.78, 5) is 0. The normalized spacial score (nSPS) is 12.6. The molecular weight excluding hydrogens is 206 g/mol. The lowest BCUT2D eigenvalue weighted by Gasteiger charge is -2.16. The van der Waals surface area contributed by atoms with Crippen LogP contribution < -0.4 is 5.32 Å². The average molecular weight is 233 g/mol. The molecule has 0 saturated carbocycles. The smallest absolute Gasteiger partial charge is 0.00644 e. The van der Waals surface area contributed by atoms with Crippen molar-refractivity contribution in [3.8, 4) is 0 Å². The van der Waals surface area contributed by atoms with Crippen molar-refractivity contribution in [3.05, 3.63) is 35.9 Å². The minimum absolute atomic E-state index is 0.728. The molecule has 0 saturated heterocycles. The number of aryl methyl sites for hydroxylation is 1. The molecule has 1 atom stereocenters. The first-order valence-electron chi connectivity index (χ1n) is 7.14. The quantitative estimate of drug-likeness (QED) is 0.631. The van der Waals surface area contributed by atoms with Gasteiger partial charge in [0.25, 0.3) is 0 Å². The van der Waals surface area contributed by atoms with Crippen molar-refractivity contribution >= 4 is 0 Å². The second kappa shape index (κ2) is 9.23. The fourth-order valence-corrected chi connectivity index (χ4v) is 2.16. The first-order valence-corrected chi connectivity index (χ1v) is 7.14. The van der Waals surface area contributed by atoms with Crippen LogP contribution in [-0.2, 0) is 6.42 Å². The zero-order valence-corrected chi connectivity index (χ0v) is 11.4. The van der Waals surface area contributed by atoms with Crippen LogP contribution >= 0.6 is 0 Å². The average Bonchev–Trinajstić information content (AvgIpc) is 2.39. The maximum Gasteiger partial charge on any atom is 0.00644 e. The number of hydrogen-bond acceptors (Lipinski definition) is 1. The van der Waals surface area contributed by atoms with Gasteiger partial charge in [0.15, 0.2) is 0 Å². The topological polar surface area (TPSA) is 12.0 Å². The molecule has 0 aliphatic carbocycles. The van der Waals surface area contributed by atoms with Crippen LogP contribution in [0.3, 0.4) is 0 Å². The summed E-state index contributed by atoms with van der Waals surface area (Å²) in [5.41, 5.74) is 1.47. The Balaban J connectivity index is 2.10. The monoisotopic (exact) mass is 233 g/mol. The first kappa shape index (κ1) is 14.2. The molecule has 17 heavy (non-hydrogen) atoms. The molecule has 1 N–H and O–H groups in total. The van der Waals surface area contributed by atoms with Crippen LogP contribution in [0.4, 0.5) is 0 Å². The molecule has 0 heterocycles. The molecule has 1 unspecified atom stereocenters. The van der Waals surface area contributed by atoms with Crippen LogP contribution in [0.5, 0.6) is 0 Å². The van der Waals surface area contributed by atoms with Crippen LogP contribution in [0, 0.1) is 0 Å². The van der Waals surface area contributed by atoms with E-state index >= 15 is 0 Å². The summed E-state index contributed by atoms with van der Waals surface area (Å²) in [5, 5.41) is 3.62. The molecular formula is C16H27N. The van der Waals surface area contributed by atoms with Gasteiger partial charge in [0, 0.05) is 6.04 Å². The van der Waals surface area contributed by atoms with Crippen molar-refractivity contribution < 1.29 is 0 Å². The number of benzene rings is 1. The Bertz CT molecular complexity index is 268. The van der Waals surface area contributed by atoms with Crippen molar-refractivity contribution in [2.45, 2.75) is 58.4 Å². The van der Waals surface area contributed by atoms with E-state index in [2.05, 4.69) is 49.5 Å². The van der Waals surface area contributed by atoms with Crippen LogP contribution in [0.25, 0.3) is 0 Å². The van der Waals surface area contributed by atoms with E-state index in [0.717, 1.165) is 12.6 Å². The van der Waals surface area contributed by atoms with E-state index < -0.39 is 0 Å². The van der Waals surface area contributed by atoms with Crippen LogP contribution in [-0.4, -0.2) is 12.6 Å². The third-order valence-electron chi connectivity index (χ3n) is 3.29. The molecule has 1 nitrogen and oxygen atoms in total. The maximum absolute atomic E-state index is 3.62. The molecule has 0 spiro atoms. The molecule has 0 fully saturated rings. The SMILES string of the molecule is CCCNC(CC)CCCCc1ccccc1. The minimum atomic E-state index is 0.728. The Morgan fingerprint density at radius 3 is 2.47 bits per heavy atom. The van der Waals surface area contributed by atoms with Gasteiger partial charge in [0.2, 0.25) is 0 Å². The lowest BCUT2D eigenvalue weighted by Crippen LogP contribution is -2.28. The molecule has 96 valence electrons. The van der Waals surface area contributed by atoms with E-state index in [0.29, 0.717) is 0 Å². The Morgan fingerprint density at radius 2 is 1.82 bits per heavy atom. The van der Waals surface area contributed by atoms with Crippen molar-refractivity contribution in [3.63, 3.8) is 0 Å². The molecule has 1 heteroatoms. The summed E-state index contributed by atoms with van der Waals surface area (Å²) in [6.45, 7) is 5.68. The number of nitrogens with one attached hydrogen (secondary N) is 1. The molecule has 0 aromatic heterocycles. The molecule has 0 bridgehead atoms. The van der Waals surface area contributed by atoms with Gasteiger partial charge < -0.3 is 5.32 Å². The molecule has 1 aromatic rings. The van der Waals surface area contributed by atoms with Gasteiger partial charge in [0.05, 0.1) is 0 Å². The van der Waals surface area contributed by atoms with E-state index in [9.17, 15) is 0 Å². The fraction of sp³-hybridized carbons (Fsp3) is 0.625. The van der Waals surface area contributed by atoms with Crippen LogP contribution in [0.1, 0.15) is 51.5 Å². The summed E-state index contributed by atoms with van der Waals surface area (Å²) < 4.78 is 0. The zero-order chi connectivity index (χ0) is 12.3. The molecule has 0 aliphatic heterocycles. The molecule has 1 aromatic carbocycles. The van der Waals surface area contributed by atoms with Gasteiger partial charge in [-0.1, -0.05) is 50.6 Å². The minimum Gasteiger partial charge on any atom is -0.314 e. The van der Waals surface area contributed by atoms with Gasteiger partial charge in [-0.3, -0.25) is 0 Å². The highest BCUT2D eigenvalue weighted by Crippen LogP contribution is 2.09. The zero-order valence-electron chi connectivity index (χ0n) is 11.4. The molecule has 1 rings (SSSR count). The van der Waals surface area contributed by atoms with E-state index in [4.69, 9.17) is 0 Å². The molecule has 0 amide bonds. The van der Waals surface area contributed by atoms with Gasteiger partial charge >= 0.3 is 0 Å². The van der Waals surface area contributed by atoms with Gasteiger partial charge in [-0.2, -0.15) is 0 Å². The Labute approximate surface area is 107 Å². The Hall–Kier alpha value is -0.820. The molecule has 0 aliphatic rings. The Kier molecular flexibility index (Phi) is 7.74. The first-order chi connectivity index (χ1) is 8.36. The summed E-state index contributed by atoms with van der Waals surface area (Å²) >= 11 is 0. The van der Waals surface area contributed by atoms with Gasteiger partial charge in [0.1, 0.15) is 0 Å². The third-order valence-corrected chi connectivity index (χ3v) is 3.29. The number of hydrogen-bond donors (Lipinski definition) is 1. The van der Waals surface area contributed by atoms with Crippen LogP contribution in [0.15, 0.2) is 30.3 Å². The fourth-order valence-electron chi connectivity index (χ4n) is 2.16.